The summed E-state index contributed by atoms with van der Waals surface area (Å²) in [5.41, 5.74) is 2.95. The summed E-state index contributed by atoms with van der Waals surface area (Å²) in [6, 6.07) is 21.7. The third-order valence-corrected chi connectivity index (χ3v) is 6.90. The van der Waals surface area contributed by atoms with Gasteiger partial charge in [-0.15, -0.1) is 0 Å². The van der Waals surface area contributed by atoms with Crippen molar-refractivity contribution in [2.75, 3.05) is 43.7 Å². The highest BCUT2D eigenvalue weighted by Crippen LogP contribution is 2.19. The molecule has 0 aliphatic heterocycles. The number of esters is 2. The van der Waals surface area contributed by atoms with E-state index in [0.29, 0.717) is 62.1 Å². The first-order valence-electron chi connectivity index (χ1n) is 15.9. The minimum Gasteiger partial charge on any atom is -0.494 e. The van der Waals surface area contributed by atoms with E-state index in [-0.39, 0.29) is 11.8 Å². The number of hydrogen-bond acceptors (Lipinski definition) is 8. The van der Waals surface area contributed by atoms with Crippen molar-refractivity contribution in [1.82, 2.24) is 0 Å². The van der Waals surface area contributed by atoms with Gasteiger partial charge in [-0.25, -0.2) is 9.59 Å². The molecule has 2 amide bonds. The molecule has 0 saturated heterocycles. The summed E-state index contributed by atoms with van der Waals surface area (Å²) in [7, 11) is 1.68. The third-order valence-electron chi connectivity index (χ3n) is 6.90. The zero-order chi connectivity index (χ0) is 35.3. The molecular weight excluding hydrogens is 624 g/mol. The highest BCUT2D eigenvalue weighted by molar-refractivity contribution is 6.04. The van der Waals surface area contributed by atoms with Gasteiger partial charge in [-0.05, 0) is 97.5 Å². The Labute approximate surface area is 287 Å². The van der Waals surface area contributed by atoms with Gasteiger partial charge in [-0.2, -0.15) is 0 Å². The number of rotatable bonds is 20. The Kier molecular flexibility index (Phi) is 16.1. The van der Waals surface area contributed by atoms with Gasteiger partial charge >= 0.3 is 11.9 Å². The van der Waals surface area contributed by atoms with Crippen LogP contribution in [-0.4, -0.2) is 57.2 Å². The first-order valence-corrected chi connectivity index (χ1v) is 15.9. The molecule has 3 aromatic rings. The number of unbranched alkanes of at least 4 members (excludes halogenated alkanes) is 2. The second kappa shape index (κ2) is 21.1. The van der Waals surface area contributed by atoms with Crippen LogP contribution in [0.25, 0.3) is 12.2 Å². The highest BCUT2D eigenvalue weighted by atomic mass is 16.5. The molecular formula is C39H42N2O8. The van der Waals surface area contributed by atoms with Crippen molar-refractivity contribution < 1.29 is 38.1 Å². The van der Waals surface area contributed by atoms with Crippen LogP contribution in [0, 0.1) is 0 Å². The third kappa shape index (κ3) is 14.6. The Hall–Kier alpha value is -5.90. The van der Waals surface area contributed by atoms with Crippen LogP contribution < -0.4 is 19.7 Å². The minimum atomic E-state index is -0.430. The standard InChI is InChI=1S/C39H42N2O8/c1-4-38(44)48-28-8-6-26-46-34-20-10-30(11-21-34)14-24-36(42)40-32-16-18-33(19-17-32)41(3)37(43)25-15-31-12-22-35(23-13-31)47-27-7-9-29-49-39(45)5-2/h4-5,10-25H,1-2,6-9,26-29H2,3H3,(H,40,42)/b24-14+,25-15+. The summed E-state index contributed by atoms with van der Waals surface area (Å²) in [4.78, 5) is 48.8. The van der Waals surface area contributed by atoms with Crippen LogP contribution in [0.5, 0.6) is 11.5 Å². The molecule has 10 heteroatoms. The van der Waals surface area contributed by atoms with E-state index in [1.54, 1.807) is 43.5 Å². The zero-order valence-corrected chi connectivity index (χ0v) is 27.7. The Balaban J connectivity index is 1.37. The van der Waals surface area contributed by atoms with Crippen LogP contribution in [0.2, 0.25) is 0 Å². The largest absolute Gasteiger partial charge is 0.494 e. The number of carbonyl (C=O) groups excluding carboxylic acids is 4. The molecule has 0 spiro atoms. The van der Waals surface area contributed by atoms with Gasteiger partial charge in [0.15, 0.2) is 0 Å². The fourth-order valence-electron chi connectivity index (χ4n) is 4.13. The van der Waals surface area contributed by atoms with Gasteiger partial charge < -0.3 is 29.2 Å². The van der Waals surface area contributed by atoms with Gasteiger partial charge in [0.25, 0.3) is 5.91 Å². The zero-order valence-electron chi connectivity index (χ0n) is 27.7. The van der Waals surface area contributed by atoms with Gasteiger partial charge in [0, 0.05) is 42.7 Å². The Morgan fingerprint density at radius 3 is 1.55 bits per heavy atom. The van der Waals surface area contributed by atoms with Crippen molar-refractivity contribution in [1.29, 1.82) is 0 Å². The molecule has 10 nitrogen and oxygen atoms in total. The smallest absolute Gasteiger partial charge is 0.330 e. The quantitative estimate of drug-likeness (QED) is 0.0795. The lowest BCUT2D eigenvalue weighted by molar-refractivity contribution is -0.138. The van der Waals surface area contributed by atoms with E-state index in [4.69, 9.17) is 18.9 Å². The first-order chi connectivity index (χ1) is 23.8. The summed E-state index contributed by atoms with van der Waals surface area (Å²) in [6.45, 7) is 8.36. The summed E-state index contributed by atoms with van der Waals surface area (Å²) in [5, 5.41) is 2.82. The second-order valence-corrected chi connectivity index (χ2v) is 10.6. The van der Waals surface area contributed by atoms with E-state index >= 15 is 0 Å². The number of carbonyl (C=O) groups is 4. The number of nitrogens with zero attached hydrogens (tertiary/aromatic N) is 1. The summed E-state index contributed by atoms with van der Waals surface area (Å²) < 4.78 is 21.3. The maximum Gasteiger partial charge on any atom is 0.330 e. The minimum absolute atomic E-state index is 0.208. The van der Waals surface area contributed by atoms with Gasteiger partial charge in [-0.1, -0.05) is 37.4 Å². The average Bonchev–Trinajstić information content (AvgIpc) is 3.13. The van der Waals surface area contributed by atoms with Crippen molar-refractivity contribution in [3.05, 3.63) is 121 Å². The number of likely N-dealkylation sites (N-methyl/N-ethyl adjacent to an activating group) is 1. The van der Waals surface area contributed by atoms with Gasteiger partial charge in [0.05, 0.1) is 26.4 Å². The lowest BCUT2D eigenvalue weighted by Crippen LogP contribution is -2.23. The number of hydrogen-bond donors (Lipinski definition) is 1. The van der Waals surface area contributed by atoms with Crippen molar-refractivity contribution in [2.24, 2.45) is 0 Å². The van der Waals surface area contributed by atoms with Gasteiger partial charge in [-0.3, -0.25) is 9.59 Å². The fraction of sp³-hybridized carbons (Fsp3) is 0.231. The monoisotopic (exact) mass is 666 g/mol. The molecule has 1 N–H and O–H groups in total. The van der Waals surface area contributed by atoms with E-state index in [1.165, 1.54) is 17.1 Å². The number of ether oxygens (including phenoxy) is 4. The summed E-state index contributed by atoms with van der Waals surface area (Å²) in [6.07, 6.45) is 11.5. The molecule has 0 radical (unpaired) electrons. The number of anilines is 2. The number of amides is 2. The molecule has 49 heavy (non-hydrogen) atoms. The molecule has 0 fully saturated rings. The van der Waals surface area contributed by atoms with Crippen LogP contribution in [0.3, 0.4) is 0 Å². The topological polar surface area (TPSA) is 120 Å². The fourth-order valence-corrected chi connectivity index (χ4v) is 4.13. The Bertz CT molecular complexity index is 1590. The van der Waals surface area contributed by atoms with E-state index in [2.05, 4.69) is 18.5 Å². The SMILES string of the molecule is C=CC(=O)OCCCCOc1ccc(/C=C/C(=O)Nc2ccc(N(C)C(=O)/C=C/c3ccc(OCCCCOC(=O)C=C)cc3)cc2)cc1. The van der Waals surface area contributed by atoms with Crippen LogP contribution in [-0.2, 0) is 28.7 Å². The second-order valence-electron chi connectivity index (χ2n) is 10.6. The van der Waals surface area contributed by atoms with E-state index in [0.717, 1.165) is 36.1 Å². The van der Waals surface area contributed by atoms with E-state index in [9.17, 15) is 19.2 Å². The summed E-state index contributed by atoms with van der Waals surface area (Å²) in [5.74, 6) is 0.0593. The van der Waals surface area contributed by atoms with Crippen molar-refractivity contribution in [2.45, 2.75) is 25.7 Å². The van der Waals surface area contributed by atoms with E-state index < -0.39 is 11.9 Å². The Morgan fingerprint density at radius 2 is 1.08 bits per heavy atom. The van der Waals surface area contributed by atoms with Gasteiger partial charge in [0.2, 0.25) is 5.91 Å². The van der Waals surface area contributed by atoms with Crippen molar-refractivity contribution in [3.63, 3.8) is 0 Å². The van der Waals surface area contributed by atoms with Crippen molar-refractivity contribution in [3.8, 4) is 11.5 Å². The molecule has 256 valence electrons. The molecule has 3 aromatic carbocycles. The lowest BCUT2D eigenvalue weighted by atomic mass is 10.2. The number of nitrogens with one attached hydrogen (secondary N) is 1. The predicted molar refractivity (Wildman–Crippen MR) is 191 cm³/mol. The maximum atomic E-state index is 12.8. The molecule has 0 bridgehead atoms. The van der Waals surface area contributed by atoms with Gasteiger partial charge in [0.1, 0.15) is 11.5 Å². The summed E-state index contributed by atoms with van der Waals surface area (Å²) >= 11 is 0. The van der Waals surface area contributed by atoms with E-state index in [1.807, 2.05) is 48.5 Å². The molecule has 0 aromatic heterocycles. The highest BCUT2D eigenvalue weighted by Gasteiger charge is 2.08. The molecule has 0 saturated carbocycles. The molecule has 3 rings (SSSR count). The van der Waals surface area contributed by atoms with Crippen LogP contribution >= 0.6 is 0 Å². The molecule has 0 aliphatic carbocycles. The van der Waals surface area contributed by atoms with Crippen LogP contribution in [0.4, 0.5) is 11.4 Å². The lowest BCUT2D eigenvalue weighted by Gasteiger charge is -2.16. The molecule has 0 unspecified atom stereocenters. The molecule has 0 heterocycles. The molecule has 0 aliphatic rings. The molecule has 0 atom stereocenters. The average molecular weight is 667 g/mol. The van der Waals surface area contributed by atoms with Crippen LogP contribution in [0.15, 0.2) is 110 Å². The Morgan fingerprint density at radius 1 is 0.633 bits per heavy atom. The predicted octanol–water partition coefficient (Wildman–Crippen LogP) is 6.79. The normalized spacial score (nSPS) is 10.7. The van der Waals surface area contributed by atoms with Crippen molar-refractivity contribution >= 4 is 47.3 Å². The van der Waals surface area contributed by atoms with Crippen LogP contribution in [0.1, 0.15) is 36.8 Å². The number of benzene rings is 3. The maximum absolute atomic E-state index is 12.8. The first kappa shape index (κ1) is 37.6.